The highest BCUT2D eigenvalue weighted by molar-refractivity contribution is 4.85. The predicted octanol–water partition coefficient (Wildman–Crippen LogP) is 2.32. The Bertz CT molecular complexity index is 87.4. The van der Waals surface area contributed by atoms with E-state index in [1.54, 1.807) is 0 Å². The van der Waals surface area contributed by atoms with Crippen LogP contribution < -0.4 is 5.32 Å². The van der Waals surface area contributed by atoms with Crippen LogP contribution in [0.1, 0.15) is 46.0 Å². The fraction of sp³-hybridized carbons (Fsp3) is 1.00. The molecule has 1 atom stereocenters. The van der Waals surface area contributed by atoms with Gasteiger partial charge in [-0.25, -0.2) is 0 Å². The molecular weight excluding hydrogens is 122 g/mol. The van der Waals surface area contributed by atoms with Crippen molar-refractivity contribution in [1.82, 2.24) is 5.32 Å². The lowest BCUT2D eigenvalue weighted by Crippen LogP contribution is -2.45. The van der Waals surface area contributed by atoms with E-state index in [0.29, 0.717) is 5.54 Å². The van der Waals surface area contributed by atoms with Crippen molar-refractivity contribution in [3.05, 3.63) is 0 Å². The van der Waals surface area contributed by atoms with Crippen LogP contribution in [0.15, 0.2) is 0 Å². The van der Waals surface area contributed by atoms with Gasteiger partial charge in [-0.15, -0.1) is 0 Å². The first-order chi connectivity index (χ1) is 4.77. The minimum Gasteiger partial charge on any atom is -0.312 e. The number of piperidine rings is 1. The maximum absolute atomic E-state index is 3.60. The van der Waals surface area contributed by atoms with Crippen molar-refractivity contribution in [1.29, 1.82) is 0 Å². The summed E-state index contributed by atoms with van der Waals surface area (Å²) in [4.78, 5) is 0. The third kappa shape index (κ3) is 1.98. The van der Waals surface area contributed by atoms with Crippen LogP contribution in [-0.2, 0) is 0 Å². The molecule has 0 radical (unpaired) electrons. The molecule has 1 aliphatic rings. The normalized spacial score (nSPS) is 34.2. The predicted molar refractivity (Wildman–Crippen MR) is 45.2 cm³/mol. The molecule has 10 heavy (non-hydrogen) atoms. The quantitative estimate of drug-likeness (QED) is 0.622. The summed E-state index contributed by atoms with van der Waals surface area (Å²) >= 11 is 0. The Morgan fingerprint density at radius 2 is 2.20 bits per heavy atom. The van der Waals surface area contributed by atoms with Gasteiger partial charge in [0.2, 0.25) is 0 Å². The lowest BCUT2D eigenvalue weighted by molar-refractivity contribution is 0.259. The fourth-order valence-electron chi connectivity index (χ4n) is 1.88. The molecule has 1 rings (SSSR count). The average molecular weight is 141 g/mol. The minimum absolute atomic E-state index is 0.479. The van der Waals surface area contributed by atoms with E-state index in [-0.39, 0.29) is 0 Å². The van der Waals surface area contributed by atoms with E-state index >= 15 is 0 Å². The molecular formula is C9H19N. The van der Waals surface area contributed by atoms with Gasteiger partial charge in [-0.2, -0.15) is 0 Å². The van der Waals surface area contributed by atoms with Gasteiger partial charge in [0, 0.05) is 5.54 Å². The van der Waals surface area contributed by atoms with Gasteiger partial charge in [0.15, 0.2) is 0 Å². The molecule has 1 heteroatoms. The van der Waals surface area contributed by atoms with Crippen LogP contribution in [0.3, 0.4) is 0 Å². The van der Waals surface area contributed by atoms with E-state index in [2.05, 4.69) is 19.2 Å². The maximum Gasteiger partial charge on any atom is 0.0153 e. The van der Waals surface area contributed by atoms with Gasteiger partial charge >= 0.3 is 0 Å². The molecule has 60 valence electrons. The molecule has 0 saturated carbocycles. The molecule has 1 N–H and O–H groups in total. The number of hydrogen-bond acceptors (Lipinski definition) is 1. The van der Waals surface area contributed by atoms with Gasteiger partial charge in [0.05, 0.1) is 0 Å². The molecule has 0 amide bonds. The Morgan fingerprint density at radius 1 is 1.40 bits per heavy atom. The SMILES string of the molecule is CCCC1(C)CCCCN1. The van der Waals surface area contributed by atoms with Crippen molar-refractivity contribution < 1.29 is 0 Å². The number of nitrogens with one attached hydrogen (secondary N) is 1. The summed E-state index contributed by atoms with van der Waals surface area (Å²) in [5.74, 6) is 0. The molecule has 1 fully saturated rings. The van der Waals surface area contributed by atoms with Crippen molar-refractivity contribution in [2.75, 3.05) is 6.54 Å². The molecule has 0 spiro atoms. The van der Waals surface area contributed by atoms with E-state index in [1.807, 2.05) is 0 Å². The average Bonchev–Trinajstić information content (AvgIpc) is 1.89. The summed E-state index contributed by atoms with van der Waals surface area (Å²) in [7, 11) is 0. The van der Waals surface area contributed by atoms with Crippen LogP contribution >= 0.6 is 0 Å². The van der Waals surface area contributed by atoms with E-state index in [1.165, 1.54) is 38.6 Å². The lowest BCUT2D eigenvalue weighted by Gasteiger charge is -2.34. The second-order valence-electron chi connectivity index (χ2n) is 3.69. The van der Waals surface area contributed by atoms with Crippen LogP contribution in [-0.4, -0.2) is 12.1 Å². The van der Waals surface area contributed by atoms with Crippen LogP contribution in [0, 0.1) is 0 Å². The zero-order chi connectivity index (χ0) is 7.45. The first-order valence-corrected chi connectivity index (χ1v) is 4.52. The van der Waals surface area contributed by atoms with Crippen LogP contribution in [0.2, 0.25) is 0 Å². The van der Waals surface area contributed by atoms with Gasteiger partial charge in [0.1, 0.15) is 0 Å². The Balaban J connectivity index is 2.32. The molecule has 0 aromatic rings. The standard InChI is InChI=1S/C9H19N/c1-3-6-9(2)7-4-5-8-10-9/h10H,3-8H2,1-2H3. The Morgan fingerprint density at radius 3 is 2.70 bits per heavy atom. The Labute approximate surface area is 64.2 Å². The summed E-state index contributed by atoms with van der Waals surface area (Å²) in [5.41, 5.74) is 0.479. The highest BCUT2D eigenvalue weighted by atomic mass is 15.0. The van der Waals surface area contributed by atoms with Crippen LogP contribution in [0.25, 0.3) is 0 Å². The van der Waals surface area contributed by atoms with E-state index in [0.717, 1.165) is 0 Å². The Kier molecular flexibility index (Phi) is 2.72. The van der Waals surface area contributed by atoms with Gasteiger partial charge in [-0.3, -0.25) is 0 Å². The summed E-state index contributed by atoms with van der Waals surface area (Å²) in [6, 6.07) is 0. The minimum atomic E-state index is 0.479. The molecule has 0 bridgehead atoms. The second kappa shape index (κ2) is 3.38. The van der Waals surface area contributed by atoms with E-state index in [9.17, 15) is 0 Å². The summed E-state index contributed by atoms with van der Waals surface area (Å²) in [6.45, 7) is 5.85. The van der Waals surface area contributed by atoms with Gasteiger partial charge in [0.25, 0.3) is 0 Å². The third-order valence-electron chi connectivity index (χ3n) is 2.51. The Hall–Kier alpha value is -0.0400. The highest BCUT2D eigenvalue weighted by Gasteiger charge is 2.24. The molecule has 1 nitrogen and oxygen atoms in total. The topological polar surface area (TPSA) is 12.0 Å². The fourth-order valence-corrected chi connectivity index (χ4v) is 1.88. The first kappa shape index (κ1) is 8.06. The maximum atomic E-state index is 3.60. The smallest absolute Gasteiger partial charge is 0.0153 e. The molecule has 0 aliphatic carbocycles. The monoisotopic (exact) mass is 141 g/mol. The van der Waals surface area contributed by atoms with Crippen molar-refractivity contribution in [2.24, 2.45) is 0 Å². The largest absolute Gasteiger partial charge is 0.312 e. The zero-order valence-electron chi connectivity index (χ0n) is 7.24. The molecule has 0 aromatic heterocycles. The molecule has 1 heterocycles. The van der Waals surface area contributed by atoms with E-state index in [4.69, 9.17) is 0 Å². The van der Waals surface area contributed by atoms with Crippen molar-refractivity contribution >= 4 is 0 Å². The molecule has 1 saturated heterocycles. The zero-order valence-corrected chi connectivity index (χ0v) is 7.24. The molecule has 1 aliphatic heterocycles. The summed E-state index contributed by atoms with van der Waals surface area (Å²) in [6.07, 6.45) is 6.82. The number of hydrogen-bond donors (Lipinski definition) is 1. The first-order valence-electron chi connectivity index (χ1n) is 4.52. The van der Waals surface area contributed by atoms with Crippen LogP contribution in [0.4, 0.5) is 0 Å². The van der Waals surface area contributed by atoms with Gasteiger partial charge in [-0.05, 0) is 32.7 Å². The van der Waals surface area contributed by atoms with Gasteiger partial charge in [-0.1, -0.05) is 19.8 Å². The van der Waals surface area contributed by atoms with Gasteiger partial charge < -0.3 is 5.32 Å². The summed E-state index contributed by atoms with van der Waals surface area (Å²) < 4.78 is 0. The lowest BCUT2D eigenvalue weighted by atomic mass is 9.87. The third-order valence-corrected chi connectivity index (χ3v) is 2.51. The van der Waals surface area contributed by atoms with Crippen molar-refractivity contribution in [3.63, 3.8) is 0 Å². The van der Waals surface area contributed by atoms with Crippen molar-refractivity contribution in [3.8, 4) is 0 Å². The molecule has 0 aromatic carbocycles. The van der Waals surface area contributed by atoms with Crippen molar-refractivity contribution in [2.45, 2.75) is 51.5 Å². The van der Waals surface area contributed by atoms with E-state index < -0.39 is 0 Å². The van der Waals surface area contributed by atoms with Crippen LogP contribution in [0.5, 0.6) is 0 Å². The highest BCUT2D eigenvalue weighted by Crippen LogP contribution is 2.22. The number of rotatable bonds is 2. The summed E-state index contributed by atoms with van der Waals surface area (Å²) in [5, 5.41) is 3.60. The molecule has 1 unspecified atom stereocenters. The second-order valence-corrected chi connectivity index (χ2v) is 3.69.